The second kappa shape index (κ2) is 6.08. The SMILES string of the molecule is COc1cccc(N(Cc2ccsc2)C2CC2)c1[C@H](C)O. The number of thiophene rings is 1. The van der Waals surface area contributed by atoms with Gasteiger partial charge in [0.25, 0.3) is 0 Å². The highest BCUT2D eigenvalue weighted by atomic mass is 32.1. The van der Waals surface area contributed by atoms with Gasteiger partial charge in [-0.2, -0.15) is 11.3 Å². The molecule has 1 fully saturated rings. The summed E-state index contributed by atoms with van der Waals surface area (Å²) in [4.78, 5) is 2.41. The lowest BCUT2D eigenvalue weighted by molar-refractivity contribution is 0.194. The summed E-state index contributed by atoms with van der Waals surface area (Å²) in [5, 5.41) is 14.5. The van der Waals surface area contributed by atoms with E-state index in [2.05, 4.69) is 27.8 Å². The molecule has 2 aromatic rings. The van der Waals surface area contributed by atoms with E-state index in [-0.39, 0.29) is 0 Å². The maximum Gasteiger partial charge on any atom is 0.126 e. The number of benzene rings is 1. The normalized spacial score (nSPS) is 15.8. The highest BCUT2D eigenvalue weighted by molar-refractivity contribution is 7.07. The van der Waals surface area contributed by atoms with Crippen molar-refractivity contribution in [1.82, 2.24) is 0 Å². The first-order chi connectivity index (χ1) is 10.2. The van der Waals surface area contributed by atoms with Gasteiger partial charge in [-0.15, -0.1) is 0 Å². The number of anilines is 1. The van der Waals surface area contributed by atoms with Gasteiger partial charge < -0.3 is 14.7 Å². The van der Waals surface area contributed by atoms with Crippen LogP contribution in [0.3, 0.4) is 0 Å². The van der Waals surface area contributed by atoms with E-state index in [0.29, 0.717) is 6.04 Å². The van der Waals surface area contributed by atoms with E-state index in [1.165, 1.54) is 18.4 Å². The molecule has 0 amide bonds. The van der Waals surface area contributed by atoms with E-state index in [9.17, 15) is 5.11 Å². The fraction of sp³-hybridized carbons (Fsp3) is 0.412. The topological polar surface area (TPSA) is 32.7 Å². The van der Waals surface area contributed by atoms with Crippen LogP contribution in [-0.2, 0) is 6.54 Å². The second-order valence-electron chi connectivity index (χ2n) is 5.56. The van der Waals surface area contributed by atoms with Crippen molar-refractivity contribution in [2.24, 2.45) is 0 Å². The summed E-state index contributed by atoms with van der Waals surface area (Å²) in [6.07, 6.45) is 1.90. The average Bonchev–Trinajstić information content (AvgIpc) is 3.20. The lowest BCUT2D eigenvalue weighted by Gasteiger charge is -2.28. The Bertz CT molecular complexity index is 591. The van der Waals surface area contributed by atoms with E-state index in [4.69, 9.17) is 4.74 Å². The predicted molar refractivity (Wildman–Crippen MR) is 87.2 cm³/mol. The van der Waals surface area contributed by atoms with Crippen molar-refractivity contribution in [2.75, 3.05) is 12.0 Å². The first-order valence-corrected chi connectivity index (χ1v) is 8.27. The molecule has 1 saturated carbocycles. The quantitative estimate of drug-likeness (QED) is 0.876. The second-order valence-corrected chi connectivity index (χ2v) is 6.34. The molecular formula is C17H21NO2S. The van der Waals surface area contributed by atoms with Crippen LogP contribution in [0.5, 0.6) is 5.75 Å². The standard InChI is InChI=1S/C17H21NO2S/c1-12(19)17-15(4-3-5-16(17)20-2)18(14-6-7-14)10-13-8-9-21-11-13/h3-5,8-9,11-12,14,19H,6-7,10H2,1-2H3/t12-/m0/s1. The van der Waals surface area contributed by atoms with Gasteiger partial charge >= 0.3 is 0 Å². The van der Waals surface area contributed by atoms with Crippen LogP contribution in [0, 0.1) is 0 Å². The Morgan fingerprint density at radius 3 is 2.76 bits per heavy atom. The van der Waals surface area contributed by atoms with Gasteiger partial charge in [-0.3, -0.25) is 0 Å². The average molecular weight is 303 g/mol. The van der Waals surface area contributed by atoms with Crippen LogP contribution in [0.4, 0.5) is 5.69 Å². The minimum Gasteiger partial charge on any atom is -0.496 e. The molecular weight excluding hydrogens is 282 g/mol. The Kier molecular flexibility index (Phi) is 4.17. The number of ether oxygens (including phenoxy) is 1. The predicted octanol–water partition coefficient (Wildman–Crippen LogP) is 3.98. The molecule has 1 aliphatic carbocycles. The summed E-state index contributed by atoms with van der Waals surface area (Å²) in [6, 6.07) is 8.76. The van der Waals surface area contributed by atoms with Crippen LogP contribution >= 0.6 is 11.3 Å². The molecule has 0 radical (unpaired) electrons. The summed E-state index contributed by atoms with van der Waals surface area (Å²) in [6.45, 7) is 2.69. The molecule has 1 aromatic heterocycles. The number of hydrogen-bond donors (Lipinski definition) is 1. The van der Waals surface area contributed by atoms with Crippen molar-refractivity contribution in [1.29, 1.82) is 0 Å². The molecule has 0 spiro atoms. The summed E-state index contributed by atoms with van der Waals surface area (Å²) in [5.41, 5.74) is 3.31. The number of rotatable bonds is 6. The third-order valence-electron chi connectivity index (χ3n) is 3.91. The molecule has 1 atom stereocenters. The molecule has 1 aliphatic rings. The highest BCUT2D eigenvalue weighted by Crippen LogP contribution is 2.40. The van der Waals surface area contributed by atoms with Crippen molar-refractivity contribution in [3.8, 4) is 5.75 Å². The van der Waals surface area contributed by atoms with Crippen LogP contribution in [-0.4, -0.2) is 18.3 Å². The maximum absolute atomic E-state index is 10.2. The number of hydrogen-bond acceptors (Lipinski definition) is 4. The zero-order valence-electron chi connectivity index (χ0n) is 12.5. The molecule has 0 unspecified atom stereocenters. The third kappa shape index (κ3) is 3.06. The highest BCUT2D eigenvalue weighted by Gasteiger charge is 2.32. The third-order valence-corrected chi connectivity index (χ3v) is 4.64. The first kappa shape index (κ1) is 14.4. The number of nitrogens with zero attached hydrogens (tertiary/aromatic N) is 1. The molecule has 0 saturated heterocycles. The maximum atomic E-state index is 10.2. The van der Waals surface area contributed by atoms with Crippen LogP contribution < -0.4 is 9.64 Å². The van der Waals surface area contributed by atoms with Gasteiger partial charge in [0.1, 0.15) is 5.75 Å². The zero-order chi connectivity index (χ0) is 14.8. The van der Waals surface area contributed by atoms with E-state index < -0.39 is 6.10 Å². The fourth-order valence-corrected chi connectivity index (χ4v) is 3.42. The number of aliphatic hydroxyl groups is 1. The molecule has 3 nitrogen and oxygen atoms in total. The van der Waals surface area contributed by atoms with Crippen molar-refractivity contribution >= 4 is 17.0 Å². The monoisotopic (exact) mass is 303 g/mol. The Morgan fingerprint density at radius 2 is 2.19 bits per heavy atom. The van der Waals surface area contributed by atoms with E-state index in [1.54, 1.807) is 25.4 Å². The van der Waals surface area contributed by atoms with Gasteiger partial charge in [0.2, 0.25) is 0 Å². The van der Waals surface area contributed by atoms with Crippen molar-refractivity contribution in [3.05, 3.63) is 46.2 Å². The summed E-state index contributed by atoms with van der Waals surface area (Å²) in [7, 11) is 1.66. The van der Waals surface area contributed by atoms with E-state index >= 15 is 0 Å². The van der Waals surface area contributed by atoms with E-state index in [1.807, 2.05) is 12.1 Å². The van der Waals surface area contributed by atoms with Gasteiger partial charge in [0.05, 0.1) is 13.2 Å². The first-order valence-electron chi connectivity index (χ1n) is 7.33. The fourth-order valence-electron chi connectivity index (χ4n) is 2.76. The summed E-state index contributed by atoms with van der Waals surface area (Å²) >= 11 is 1.73. The van der Waals surface area contributed by atoms with Crippen molar-refractivity contribution in [2.45, 2.75) is 38.5 Å². The molecule has 4 heteroatoms. The Hall–Kier alpha value is -1.52. The van der Waals surface area contributed by atoms with Gasteiger partial charge in [-0.25, -0.2) is 0 Å². The van der Waals surface area contributed by atoms with Crippen LogP contribution in [0.25, 0.3) is 0 Å². The smallest absolute Gasteiger partial charge is 0.126 e. The van der Waals surface area contributed by atoms with Crippen LogP contribution in [0.1, 0.15) is 37.0 Å². The minimum absolute atomic E-state index is 0.542. The minimum atomic E-state index is -0.542. The molecule has 0 bridgehead atoms. The van der Waals surface area contributed by atoms with Gasteiger partial charge in [-0.1, -0.05) is 6.07 Å². The summed E-state index contributed by atoms with van der Waals surface area (Å²) < 4.78 is 5.45. The molecule has 21 heavy (non-hydrogen) atoms. The molecule has 112 valence electrons. The number of methoxy groups -OCH3 is 1. The molecule has 1 aromatic carbocycles. The van der Waals surface area contributed by atoms with Gasteiger partial charge in [-0.05, 0) is 54.3 Å². The summed E-state index contributed by atoms with van der Waals surface area (Å²) in [5.74, 6) is 0.762. The Morgan fingerprint density at radius 1 is 1.38 bits per heavy atom. The van der Waals surface area contributed by atoms with Crippen molar-refractivity contribution in [3.63, 3.8) is 0 Å². The van der Waals surface area contributed by atoms with Gasteiger partial charge in [0.15, 0.2) is 0 Å². The lowest BCUT2D eigenvalue weighted by Crippen LogP contribution is -2.26. The molecule has 1 N–H and O–H groups in total. The zero-order valence-corrected chi connectivity index (χ0v) is 13.3. The molecule has 3 rings (SSSR count). The molecule has 0 aliphatic heterocycles. The van der Waals surface area contributed by atoms with E-state index in [0.717, 1.165) is 23.5 Å². The largest absolute Gasteiger partial charge is 0.496 e. The molecule has 1 heterocycles. The van der Waals surface area contributed by atoms with Crippen LogP contribution in [0.2, 0.25) is 0 Å². The Labute approximate surface area is 129 Å². The van der Waals surface area contributed by atoms with Crippen molar-refractivity contribution < 1.29 is 9.84 Å². The number of aliphatic hydroxyl groups excluding tert-OH is 1. The van der Waals surface area contributed by atoms with Crippen LogP contribution in [0.15, 0.2) is 35.0 Å². The lowest BCUT2D eigenvalue weighted by atomic mass is 10.0. The Balaban J connectivity index is 1.99. The van der Waals surface area contributed by atoms with Gasteiger partial charge in [0, 0.05) is 23.8 Å².